The predicted molar refractivity (Wildman–Crippen MR) is 62.2 cm³/mol. The third-order valence-electron chi connectivity index (χ3n) is 2.13. The van der Waals surface area contributed by atoms with E-state index in [-0.39, 0.29) is 5.69 Å². The summed E-state index contributed by atoms with van der Waals surface area (Å²) in [5.41, 5.74) is 0.632. The monoisotopic (exact) mass is 273 g/mol. The first kappa shape index (κ1) is 11.9. The molecule has 5 nitrogen and oxygen atoms in total. The average molecular weight is 274 g/mol. The molecule has 1 rings (SSSR count). The van der Waals surface area contributed by atoms with Gasteiger partial charge in [0.2, 0.25) is 0 Å². The highest BCUT2D eigenvalue weighted by molar-refractivity contribution is 9.10. The summed E-state index contributed by atoms with van der Waals surface area (Å²) < 4.78 is 0.653. The molecule has 6 heteroatoms. The van der Waals surface area contributed by atoms with Gasteiger partial charge in [-0.15, -0.1) is 0 Å². The molecule has 15 heavy (non-hydrogen) atoms. The van der Waals surface area contributed by atoms with Crippen LogP contribution in [0.3, 0.4) is 0 Å². The van der Waals surface area contributed by atoms with Gasteiger partial charge in [-0.25, -0.2) is 0 Å². The lowest BCUT2D eigenvalue weighted by molar-refractivity contribution is -0.384. The van der Waals surface area contributed by atoms with Crippen molar-refractivity contribution in [1.29, 1.82) is 0 Å². The summed E-state index contributed by atoms with van der Waals surface area (Å²) in [6.07, 6.45) is 2.85. The summed E-state index contributed by atoms with van der Waals surface area (Å²) >= 11 is 3.29. The molecule has 0 spiro atoms. The minimum absolute atomic E-state index is 0.0353. The van der Waals surface area contributed by atoms with Gasteiger partial charge in [-0.3, -0.25) is 15.1 Å². The molecular weight excluding hydrogens is 262 g/mol. The average Bonchev–Trinajstić information content (AvgIpc) is 2.21. The molecule has 0 aromatic carbocycles. The molecule has 1 aromatic rings. The van der Waals surface area contributed by atoms with Crippen LogP contribution in [0.15, 0.2) is 16.9 Å². The van der Waals surface area contributed by atoms with Crippen molar-refractivity contribution < 1.29 is 4.92 Å². The van der Waals surface area contributed by atoms with E-state index in [1.165, 1.54) is 6.20 Å². The van der Waals surface area contributed by atoms with Crippen LogP contribution < -0.4 is 4.90 Å². The lowest BCUT2D eigenvalue weighted by atomic mass is 10.3. The molecule has 0 aliphatic rings. The first-order valence-electron chi connectivity index (χ1n) is 4.64. The van der Waals surface area contributed by atoms with E-state index in [4.69, 9.17) is 0 Å². The van der Waals surface area contributed by atoms with Gasteiger partial charge in [0.1, 0.15) is 11.9 Å². The van der Waals surface area contributed by atoms with Crippen LogP contribution in [0.25, 0.3) is 0 Å². The largest absolute Gasteiger partial charge is 0.366 e. The molecule has 82 valence electrons. The Kier molecular flexibility index (Phi) is 4.02. The molecular formula is C9H12BrN3O2. The Morgan fingerprint density at radius 3 is 2.53 bits per heavy atom. The zero-order chi connectivity index (χ0) is 11.4. The molecule has 1 aromatic heterocycles. The maximum Gasteiger partial charge on any atom is 0.311 e. The lowest BCUT2D eigenvalue weighted by Gasteiger charge is -2.21. The van der Waals surface area contributed by atoms with Crippen LogP contribution in [-0.4, -0.2) is 23.0 Å². The van der Waals surface area contributed by atoms with Gasteiger partial charge in [-0.2, -0.15) is 0 Å². The molecule has 0 N–H and O–H groups in total. The Morgan fingerprint density at radius 2 is 2.07 bits per heavy atom. The topological polar surface area (TPSA) is 59.3 Å². The van der Waals surface area contributed by atoms with Crippen molar-refractivity contribution >= 4 is 27.3 Å². The Balaban J connectivity index is 3.29. The van der Waals surface area contributed by atoms with Gasteiger partial charge in [0, 0.05) is 19.3 Å². The highest BCUT2D eigenvalue weighted by Crippen LogP contribution is 2.34. The number of hydrogen-bond acceptors (Lipinski definition) is 4. The first-order chi connectivity index (χ1) is 7.11. The number of pyridine rings is 1. The second-order valence-electron chi connectivity index (χ2n) is 2.92. The van der Waals surface area contributed by atoms with Gasteiger partial charge in [0.15, 0.2) is 0 Å². The predicted octanol–water partition coefficient (Wildman–Crippen LogP) is 2.60. The van der Waals surface area contributed by atoms with E-state index in [1.54, 1.807) is 6.20 Å². The number of nitro groups is 1. The number of hydrogen-bond donors (Lipinski definition) is 0. The van der Waals surface area contributed by atoms with Crippen LogP contribution in [0.5, 0.6) is 0 Å². The van der Waals surface area contributed by atoms with E-state index >= 15 is 0 Å². The van der Waals surface area contributed by atoms with Gasteiger partial charge >= 0.3 is 5.69 Å². The van der Waals surface area contributed by atoms with E-state index in [0.29, 0.717) is 10.2 Å². The standard InChI is InChI=1S/C9H12BrN3O2/c1-3-12(4-2)9-7(10)5-11-6-8(9)13(14)15/h5-6H,3-4H2,1-2H3. The molecule has 0 saturated heterocycles. The van der Waals surface area contributed by atoms with Gasteiger partial charge in [0.05, 0.1) is 9.40 Å². The third-order valence-corrected chi connectivity index (χ3v) is 2.71. The fraction of sp³-hybridized carbons (Fsp3) is 0.444. The molecule has 0 atom stereocenters. The van der Waals surface area contributed by atoms with Crippen molar-refractivity contribution in [2.24, 2.45) is 0 Å². The molecule has 0 unspecified atom stereocenters. The Morgan fingerprint density at radius 1 is 1.47 bits per heavy atom. The van der Waals surface area contributed by atoms with Crippen molar-refractivity contribution in [3.8, 4) is 0 Å². The first-order valence-corrected chi connectivity index (χ1v) is 5.43. The van der Waals surface area contributed by atoms with Gasteiger partial charge in [0.25, 0.3) is 0 Å². The normalized spacial score (nSPS) is 10.1. The van der Waals surface area contributed by atoms with Gasteiger partial charge in [-0.05, 0) is 29.8 Å². The highest BCUT2D eigenvalue weighted by atomic mass is 79.9. The minimum atomic E-state index is -0.411. The molecule has 0 aliphatic carbocycles. The van der Waals surface area contributed by atoms with Crippen molar-refractivity contribution in [3.05, 3.63) is 27.0 Å². The SMILES string of the molecule is CCN(CC)c1c(Br)cncc1[N+](=O)[O-]. The number of rotatable bonds is 4. The Bertz CT molecular complexity index is 366. The summed E-state index contributed by atoms with van der Waals surface area (Å²) in [6.45, 7) is 5.36. The van der Waals surface area contributed by atoms with E-state index < -0.39 is 4.92 Å². The van der Waals surface area contributed by atoms with Crippen LogP contribution in [0.2, 0.25) is 0 Å². The van der Waals surface area contributed by atoms with Crippen molar-refractivity contribution in [3.63, 3.8) is 0 Å². The number of nitrogens with zero attached hydrogens (tertiary/aromatic N) is 3. The third kappa shape index (κ3) is 2.44. The van der Waals surface area contributed by atoms with Crippen LogP contribution >= 0.6 is 15.9 Å². The quantitative estimate of drug-likeness (QED) is 0.625. The zero-order valence-electron chi connectivity index (χ0n) is 8.61. The van der Waals surface area contributed by atoms with Crippen molar-refractivity contribution in [1.82, 2.24) is 4.98 Å². The molecule has 0 radical (unpaired) electrons. The molecule has 0 bridgehead atoms. The molecule has 1 heterocycles. The van der Waals surface area contributed by atoms with E-state index in [0.717, 1.165) is 13.1 Å². The lowest BCUT2D eigenvalue weighted by Crippen LogP contribution is -2.23. The molecule has 0 aliphatic heterocycles. The maximum absolute atomic E-state index is 10.8. The van der Waals surface area contributed by atoms with Crippen LogP contribution in [0.1, 0.15) is 13.8 Å². The van der Waals surface area contributed by atoms with Crippen molar-refractivity contribution in [2.45, 2.75) is 13.8 Å². The molecule has 0 amide bonds. The number of aromatic nitrogens is 1. The summed E-state index contributed by atoms with van der Waals surface area (Å²) in [6, 6.07) is 0. The fourth-order valence-electron chi connectivity index (χ4n) is 1.40. The molecule has 0 saturated carbocycles. The summed E-state index contributed by atoms with van der Waals surface area (Å²) in [4.78, 5) is 16.1. The van der Waals surface area contributed by atoms with Crippen LogP contribution in [0.4, 0.5) is 11.4 Å². The zero-order valence-corrected chi connectivity index (χ0v) is 10.2. The minimum Gasteiger partial charge on any atom is -0.366 e. The Labute approximate surface area is 96.4 Å². The summed E-state index contributed by atoms with van der Waals surface area (Å²) in [7, 11) is 0. The highest BCUT2D eigenvalue weighted by Gasteiger charge is 2.20. The van der Waals surface area contributed by atoms with Gasteiger partial charge in [-0.1, -0.05) is 0 Å². The fourth-order valence-corrected chi connectivity index (χ4v) is 1.98. The summed E-state index contributed by atoms with van der Waals surface area (Å²) in [5.74, 6) is 0. The number of anilines is 1. The second kappa shape index (κ2) is 5.06. The van der Waals surface area contributed by atoms with E-state index in [2.05, 4.69) is 20.9 Å². The molecule has 0 fully saturated rings. The Hall–Kier alpha value is -1.17. The van der Waals surface area contributed by atoms with Crippen LogP contribution in [0, 0.1) is 10.1 Å². The van der Waals surface area contributed by atoms with Gasteiger partial charge < -0.3 is 4.90 Å². The smallest absolute Gasteiger partial charge is 0.311 e. The second-order valence-corrected chi connectivity index (χ2v) is 3.77. The maximum atomic E-state index is 10.8. The number of halogens is 1. The van der Waals surface area contributed by atoms with Crippen molar-refractivity contribution in [2.75, 3.05) is 18.0 Å². The van der Waals surface area contributed by atoms with Crippen LogP contribution in [-0.2, 0) is 0 Å². The van der Waals surface area contributed by atoms with E-state index in [9.17, 15) is 10.1 Å². The van der Waals surface area contributed by atoms with E-state index in [1.807, 2.05) is 18.7 Å². The summed E-state index contributed by atoms with van der Waals surface area (Å²) in [5, 5.41) is 10.8.